The molecule has 0 radical (unpaired) electrons. The van der Waals surface area contributed by atoms with E-state index in [1.807, 2.05) is 19.2 Å². The van der Waals surface area contributed by atoms with Crippen molar-refractivity contribution in [2.45, 2.75) is 41.7 Å². The van der Waals surface area contributed by atoms with Crippen LogP contribution in [-0.4, -0.2) is 20.4 Å². The van der Waals surface area contributed by atoms with Gasteiger partial charge in [-0.25, -0.2) is 9.97 Å². The lowest BCUT2D eigenvalue weighted by molar-refractivity contribution is 0.685. The first kappa shape index (κ1) is 12.1. The molecule has 94 valence electrons. The molecule has 18 heavy (non-hydrogen) atoms. The van der Waals surface area contributed by atoms with Crippen LogP contribution >= 0.6 is 23.3 Å². The molecular formula is C12H14N4S2. The van der Waals surface area contributed by atoms with Crippen LogP contribution in [0.25, 0.3) is 0 Å². The first-order valence-corrected chi connectivity index (χ1v) is 7.55. The van der Waals surface area contributed by atoms with Gasteiger partial charge in [-0.15, -0.1) is 0 Å². The fourth-order valence-electron chi connectivity index (χ4n) is 1.53. The Balaban J connectivity index is 1.59. The van der Waals surface area contributed by atoms with Gasteiger partial charge < -0.3 is 5.32 Å². The zero-order chi connectivity index (χ0) is 12.4. The van der Waals surface area contributed by atoms with Crippen LogP contribution in [0.3, 0.4) is 0 Å². The van der Waals surface area contributed by atoms with Gasteiger partial charge in [0.15, 0.2) is 4.34 Å². The molecule has 3 rings (SSSR count). The van der Waals surface area contributed by atoms with Gasteiger partial charge in [0.05, 0.1) is 0 Å². The Morgan fingerprint density at radius 2 is 2.33 bits per heavy atom. The van der Waals surface area contributed by atoms with Crippen molar-refractivity contribution in [2.24, 2.45) is 0 Å². The van der Waals surface area contributed by atoms with Crippen LogP contribution in [-0.2, 0) is 6.54 Å². The number of hydrogen-bond donors (Lipinski definition) is 1. The smallest absolute Gasteiger partial charge is 0.176 e. The Hall–Kier alpha value is -0.980. The zero-order valence-corrected chi connectivity index (χ0v) is 11.7. The topological polar surface area (TPSA) is 50.7 Å². The molecule has 0 aliphatic heterocycles. The second kappa shape index (κ2) is 5.34. The van der Waals surface area contributed by atoms with Crippen LogP contribution in [0, 0.1) is 6.92 Å². The summed E-state index contributed by atoms with van der Waals surface area (Å²) in [5.41, 5.74) is 1.24. The van der Waals surface area contributed by atoms with E-state index in [1.54, 1.807) is 11.8 Å². The summed E-state index contributed by atoms with van der Waals surface area (Å²) in [5, 5.41) is 4.45. The van der Waals surface area contributed by atoms with Gasteiger partial charge >= 0.3 is 0 Å². The van der Waals surface area contributed by atoms with E-state index in [4.69, 9.17) is 0 Å². The molecule has 6 heteroatoms. The number of aryl methyl sites for hydroxylation is 1. The predicted octanol–water partition coefficient (Wildman–Crippen LogP) is 2.64. The average molecular weight is 278 g/mol. The van der Waals surface area contributed by atoms with E-state index in [-0.39, 0.29) is 0 Å². The third kappa shape index (κ3) is 3.28. The molecule has 0 amide bonds. The molecule has 0 unspecified atom stereocenters. The predicted molar refractivity (Wildman–Crippen MR) is 72.9 cm³/mol. The first-order valence-electron chi connectivity index (χ1n) is 5.96. The van der Waals surface area contributed by atoms with E-state index >= 15 is 0 Å². The molecule has 1 N–H and O–H groups in total. The number of nitrogens with one attached hydrogen (secondary N) is 1. The lowest BCUT2D eigenvalue weighted by atomic mass is 10.3. The summed E-state index contributed by atoms with van der Waals surface area (Å²) >= 11 is 2.99. The molecule has 0 bridgehead atoms. The minimum atomic E-state index is 0.739. The number of aromatic nitrogens is 3. The number of hydrogen-bond acceptors (Lipinski definition) is 6. The summed E-state index contributed by atoms with van der Waals surface area (Å²) in [7, 11) is 0. The molecule has 0 spiro atoms. The molecule has 0 atom stereocenters. The van der Waals surface area contributed by atoms with Gasteiger partial charge in [-0.3, -0.25) is 0 Å². The molecule has 1 fully saturated rings. The van der Waals surface area contributed by atoms with Crippen LogP contribution < -0.4 is 5.32 Å². The standard InChI is InChI=1S/C12H14N4S2/c1-8-15-12(18-16-8)17-11-5-2-9(7-14-11)6-13-10-3-4-10/h2,5,7,10,13H,3-4,6H2,1H3. The first-order chi connectivity index (χ1) is 8.79. The number of pyridine rings is 1. The summed E-state index contributed by atoms with van der Waals surface area (Å²) in [4.78, 5) is 8.76. The van der Waals surface area contributed by atoms with Gasteiger partial charge in [0.2, 0.25) is 0 Å². The molecule has 1 saturated carbocycles. The summed E-state index contributed by atoms with van der Waals surface area (Å²) in [6, 6.07) is 4.91. The summed E-state index contributed by atoms with van der Waals surface area (Å²) in [6.07, 6.45) is 4.57. The molecular weight excluding hydrogens is 264 g/mol. The maximum Gasteiger partial charge on any atom is 0.176 e. The van der Waals surface area contributed by atoms with E-state index in [0.717, 1.165) is 27.8 Å². The number of rotatable bonds is 5. The third-order valence-electron chi connectivity index (χ3n) is 2.67. The van der Waals surface area contributed by atoms with Crippen LogP contribution in [0.2, 0.25) is 0 Å². The Bertz CT molecular complexity index is 519. The van der Waals surface area contributed by atoms with Crippen LogP contribution in [0.1, 0.15) is 24.2 Å². The van der Waals surface area contributed by atoms with Gasteiger partial charge in [-0.1, -0.05) is 6.07 Å². The van der Waals surface area contributed by atoms with E-state index in [0.29, 0.717) is 0 Å². The van der Waals surface area contributed by atoms with E-state index in [1.165, 1.54) is 29.9 Å². The molecule has 0 saturated heterocycles. The van der Waals surface area contributed by atoms with Crippen molar-refractivity contribution in [3.63, 3.8) is 0 Å². The molecule has 4 nitrogen and oxygen atoms in total. The lowest BCUT2D eigenvalue weighted by Crippen LogP contribution is -2.15. The van der Waals surface area contributed by atoms with E-state index in [2.05, 4.69) is 25.7 Å². The summed E-state index contributed by atoms with van der Waals surface area (Å²) < 4.78 is 5.11. The Morgan fingerprint density at radius 3 is 2.94 bits per heavy atom. The van der Waals surface area contributed by atoms with Crippen LogP contribution in [0.5, 0.6) is 0 Å². The summed E-state index contributed by atoms with van der Waals surface area (Å²) in [5.74, 6) is 0.827. The van der Waals surface area contributed by atoms with Crippen molar-refractivity contribution in [1.82, 2.24) is 19.7 Å². The van der Waals surface area contributed by atoms with E-state index in [9.17, 15) is 0 Å². The largest absolute Gasteiger partial charge is 0.310 e. The quantitative estimate of drug-likeness (QED) is 0.911. The minimum Gasteiger partial charge on any atom is -0.310 e. The fraction of sp³-hybridized carbons (Fsp3) is 0.417. The maximum absolute atomic E-state index is 4.44. The van der Waals surface area contributed by atoms with Crippen molar-refractivity contribution in [2.75, 3.05) is 0 Å². The van der Waals surface area contributed by atoms with Gasteiger partial charge in [-0.2, -0.15) is 4.37 Å². The Labute approximate surface area is 114 Å². The highest BCUT2D eigenvalue weighted by Crippen LogP contribution is 2.27. The minimum absolute atomic E-state index is 0.739. The average Bonchev–Trinajstić information content (AvgIpc) is 3.12. The van der Waals surface area contributed by atoms with Gasteiger partial charge in [0.1, 0.15) is 10.9 Å². The van der Waals surface area contributed by atoms with Crippen LogP contribution in [0.4, 0.5) is 0 Å². The van der Waals surface area contributed by atoms with Crippen molar-refractivity contribution in [1.29, 1.82) is 0 Å². The SMILES string of the molecule is Cc1nsc(Sc2ccc(CNC3CC3)cn2)n1. The Kier molecular flexibility index (Phi) is 3.58. The highest BCUT2D eigenvalue weighted by atomic mass is 32.2. The molecule has 0 aromatic carbocycles. The normalized spacial score (nSPS) is 14.9. The summed E-state index contributed by atoms with van der Waals surface area (Å²) in [6.45, 7) is 2.82. The highest BCUT2D eigenvalue weighted by Gasteiger charge is 2.19. The molecule has 2 aromatic heterocycles. The van der Waals surface area contributed by atoms with Crippen molar-refractivity contribution < 1.29 is 0 Å². The van der Waals surface area contributed by atoms with Crippen molar-refractivity contribution >= 4 is 23.3 Å². The second-order valence-electron chi connectivity index (χ2n) is 4.37. The number of nitrogens with zero attached hydrogens (tertiary/aromatic N) is 3. The highest BCUT2D eigenvalue weighted by molar-refractivity contribution is 8.00. The molecule has 2 heterocycles. The van der Waals surface area contributed by atoms with E-state index < -0.39 is 0 Å². The van der Waals surface area contributed by atoms with Crippen molar-refractivity contribution in [3.8, 4) is 0 Å². The van der Waals surface area contributed by atoms with Gasteiger partial charge in [-0.05, 0) is 54.7 Å². The maximum atomic E-state index is 4.44. The zero-order valence-electron chi connectivity index (χ0n) is 10.1. The molecule has 1 aliphatic carbocycles. The van der Waals surface area contributed by atoms with Crippen molar-refractivity contribution in [3.05, 3.63) is 29.7 Å². The fourth-order valence-corrected chi connectivity index (χ4v) is 3.07. The molecule has 1 aliphatic rings. The van der Waals surface area contributed by atoms with Crippen LogP contribution in [0.15, 0.2) is 27.7 Å². The lowest BCUT2D eigenvalue weighted by Gasteiger charge is -2.03. The van der Waals surface area contributed by atoms with Gasteiger partial charge in [0, 0.05) is 18.8 Å². The third-order valence-corrected chi connectivity index (χ3v) is 4.46. The Morgan fingerprint density at radius 1 is 1.44 bits per heavy atom. The molecule has 2 aromatic rings. The van der Waals surface area contributed by atoms with Gasteiger partial charge in [0.25, 0.3) is 0 Å². The second-order valence-corrected chi connectivity index (χ2v) is 6.39. The monoisotopic (exact) mass is 278 g/mol.